The molecule has 0 radical (unpaired) electrons. The van der Waals surface area contributed by atoms with Crippen LogP contribution in [0, 0.1) is 0 Å². The first-order valence-corrected chi connectivity index (χ1v) is 3.61. The first kappa shape index (κ1) is 11.2. The van der Waals surface area contributed by atoms with Crippen molar-refractivity contribution >= 4 is 6.03 Å². The average Bonchev–Trinajstić information content (AvgIpc) is 2.11. The Morgan fingerprint density at radius 2 is 2.33 bits per heavy atom. The van der Waals surface area contributed by atoms with Crippen LogP contribution in [0.5, 0.6) is 0 Å². The fraction of sp³-hybridized carbons (Fsp3) is 0.833. The lowest BCUT2D eigenvalue weighted by atomic mass is 10.5. The van der Waals surface area contributed by atoms with E-state index in [-0.39, 0.29) is 13.2 Å². The molecule has 4 N–H and O–H groups in total. The Bertz CT molecular complexity index is 131. The number of amides is 2. The first-order valence-electron chi connectivity index (χ1n) is 3.61. The number of rotatable bonds is 5. The van der Waals surface area contributed by atoms with Gasteiger partial charge in [0.2, 0.25) is 0 Å². The lowest BCUT2D eigenvalue weighted by molar-refractivity contribution is 0.136. The second-order valence-electron chi connectivity index (χ2n) is 2.15. The van der Waals surface area contributed by atoms with Gasteiger partial charge in [0.05, 0.1) is 13.2 Å². The Labute approximate surface area is 71.3 Å². The molecule has 2 amide bonds. The minimum absolute atomic E-state index is 0.0862. The fourth-order valence-corrected chi connectivity index (χ4v) is 0.728. The van der Waals surface area contributed by atoms with Gasteiger partial charge in [-0.3, -0.25) is 5.43 Å². The number of aliphatic hydroxyl groups excluding tert-OH is 1. The van der Waals surface area contributed by atoms with E-state index in [1.54, 1.807) is 0 Å². The van der Waals surface area contributed by atoms with Crippen LogP contribution < -0.4 is 11.3 Å². The van der Waals surface area contributed by atoms with Crippen LogP contribution in [0.4, 0.5) is 4.79 Å². The van der Waals surface area contributed by atoms with E-state index in [1.165, 1.54) is 12.0 Å². The highest BCUT2D eigenvalue weighted by molar-refractivity contribution is 5.73. The molecule has 0 fully saturated rings. The zero-order valence-electron chi connectivity index (χ0n) is 7.12. The van der Waals surface area contributed by atoms with Crippen molar-refractivity contribution in [3.8, 4) is 0 Å². The van der Waals surface area contributed by atoms with Crippen LogP contribution in [0.25, 0.3) is 0 Å². The van der Waals surface area contributed by atoms with Gasteiger partial charge in [0.1, 0.15) is 0 Å². The van der Waals surface area contributed by atoms with Gasteiger partial charge in [-0.05, 0) is 0 Å². The molecule has 6 heteroatoms. The molecule has 0 saturated heterocycles. The van der Waals surface area contributed by atoms with Gasteiger partial charge in [-0.1, -0.05) is 0 Å². The lowest BCUT2D eigenvalue weighted by Gasteiger charge is -2.19. The molecular formula is C6H15N3O3. The topological polar surface area (TPSA) is 87.8 Å². The zero-order valence-corrected chi connectivity index (χ0v) is 7.12. The number of hydrogen-bond donors (Lipinski definition) is 3. The van der Waals surface area contributed by atoms with Gasteiger partial charge in [-0.15, -0.1) is 0 Å². The van der Waals surface area contributed by atoms with E-state index in [2.05, 4.69) is 0 Å². The third kappa shape index (κ3) is 4.12. The first-order chi connectivity index (χ1) is 5.76. The number of hydrogen-bond acceptors (Lipinski definition) is 4. The van der Waals surface area contributed by atoms with Gasteiger partial charge < -0.3 is 14.7 Å². The van der Waals surface area contributed by atoms with Gasteiger partial charge in [-0.2, -0.15) is 0 Å². The van der Waals surface area contributed by atoms with Crippen LogP contribution in [0.1, 0.15) is 0 Å². The van der Waals surface area contributed by atoms with E-state index in [4.69, 9.17) is 15.7 Å². The molecule has 0 bridgehead atoms. The zero-order chi connectivity index (χ0) is 9.40. The van der Waals surface area contributed by atoms with Crippen molar-refractivity contribution in [1.29, 1.82) is 0 Å². The van der Waals surface area contributed by atoms with Crippen molar-refractivity contribution in [2.24, 2.45) is 5.84 Å². The summed E-state index contributed by atoms with van der Waals surface area (Å²) < 4.78 is 4.77. The summed E-state index contributed by atoms with van der Waals surface area (Å²) in [4.78, 5) is 12.3. The van der Waals surface area contributed by atoms with Gasteiger partial charge in [-0.25, -0.2) is 10.6 Å². The number of nitrogens with zero attached hydrogens (tertiary/aromatic N) is 1. The predicted molar refractivity (Wildman–Crippen MR) is 43.3 cm³/mol. The summed E-state index contributed by atoms with van der Waals surface area (Å²) in [5, 5.41) is 8.58. The largest absolute Gasteiger partial charge is 0.395 e. The predicted octanol–water partition coefficient (Wildman–Crippen LogP) is -1.49. The van der Waals surface area contributed by atoms with E-state index in [1.807, 2.05) is 5.43 Å². The average molecular weight is 177 g/mol. The van der Waals surface area contributed by atoms with E-state index in [0.29, 0.717) is 13.2 Å². The molecule has 0 atom stereocenters. The molecular weight excluding hydrogens is 162 g/mol. The van der Waals surface area contributed by atoms with Crippen LogP contribution in [0.3, 0.4) is 0 Å². The van der Waals surface area contributed by atoms with Gasteiger partial charge in [0.15, 0.2) is 0 Å². The second kappa shape index (κ2) is 6.84. The minimum Gasteiger partial charge on any atom is -0.395 e. The fourth-order valence-electron chi connectivity index (χ4n) is 0.728. The minimum atomic E-state index is -0.416. The number of ether oxygens (including phenoxy) is 1. The Morgan fingerprint density at radius 3 is 2.75 bits per heavy atom. The lowest BCUT2D eigenvalue weighted by Crippen LogP contribution is -2.45. The number of carbonyl (C=O) groups excluding carboxylic acids is 1. The normalized spacial score (nSPS) is 9.58. The molecule has 0 saturated carbocycles. The Kier molecular flexibility index (Phi) is 6.35. The Balaban J connectivity index is 3.76. The van der Waals surface area contributed by atoms with E-state index in [9.17, 15) is 4.79 Å². The maximum absolute atomic E-state index is 10.9. The number of nitrogens with one attached hydrogen (secondary N) is 1. The van der Waals surface area contributed by atoms with Crippen molar-refractivity contribution < 1.29 is 14.6 Å². The molecule has 6 nitrogen and oxygen atoms in total. The summed E-state index contributed by atoms with van der Waals surface area (Å²) in [6.45, 7) is 1.01. The molecule has 72 valence electrons. The second-order valence-corrected chi connectivity index (χ2v) is 2.15. The van der Waals surface area contributed by atoms with Gasteiger partial charge in [0, 0.05) is 20.2 Å². The SMILES string of the molecule is COCCN(CCO)C(=O)NN. The highest BCUT2D eigenvalue weighted by Crippen LogP contribution is 1.87. The molecule has 0 rings (SSSR count). The monoisotopic (exact) mass is 177 g/mol. The Morgan fingerprint density at radius 1 is 1.67 bits per heavy atom. The molecule has 0 aromatic carbocycles. The number of hydrazine groups is 1. The summed E-state index contributed by atoms with van der Waals surface area (Å²) in [6, 6.07) is -0.416. The molecule has 0 aromatic heterocycles. The third-order valence-corrected chi connectivity index (χ3v) is 1.35. The smallest absolute Gasteiger partial charge is 0.331 e. The van der Waals surface area contributed by atoms with Gasteiger partial charge >= 0.3 is 6.03 Å². The molecule has 0 spiro atoms. The highest BCUT2D eigenvalue weighted by atomic mass is 16.5. The molecule has 0 unspecified atom stereocenters. The van der Waals surface area contributed by atoms with Crippen LogP contribution >= 0.6 is 0 Å². The number of carbonyl (C=O) groups is 1. The van der Waals surface area contributed by atoms with Crippen LogP contribution in [-0.2, 0) is 4.74 Å². The number of methoxy groups -OCH3 is 1. The molecule has 0 heterocycles. The summed E-state index contributed by atoms with van der Waals surface area (Å²) in [6.07, 6.45) is 0. The third-order valence-electron chi connectivity index (χ3n) is 1.35. The molecule has 0 aliphatic rings. The summed E-state index contributed by atoms with van der Waals surface area (Å²) in [7, 11) is 1.54. The van der Waals surface area contributed by atoms with E-state index in [0.717, 1.165) is 0 Å². The van der Waals surface area contributed by atoms with Crippen LogP contribution in [-0.4, -0.2) is 49.5 Å². The Hall–Kier alpha value is -0.850. The maximum atomic E-state index is 10.9. The van der Waals surface area contributed by atoms with Crippen molar-refractivity contribution in [2.75, 3.05) is 33.4 Å². The summed E-state index contributed by atoms with van der Waals surface area (Å²) in [5.41, 5.74) is 1.98. The van der Waals surface area contributed by atoms with Crippen molar-refractivity contribution in [3.05, 3.63) is 0 Å². The van der Waals surface area contributed by atoms with Crippen molar-refractivity contribution in [3.63, 3.8) is 0 Å². The van der Waals surface area contributed by atoms with Gasteiger partial charge in [0.25, 0.3) is 0 Å². The quantitative estimate of drug-likeness (QED) is 0.271. The molecule has 12 heavy (non-hydrogen) atoms. The van der Waals surface area contributed by atoms with Crippen molar-refractivity contribution in [1.82, 2.24) is 10.3 Å². The maximum Gasteiger partial charge on any atom is 0.331 e. The standard InChI is InChI=1S/C6H15N3O3/c1-12-5-3-9(2-4-10)6(11)8-7/h10H,2-5,7H2,1H3,(H,8,11). The van der Waals surface area contributed by atoms with E-state index < -0.39 is 6.03 Å². The molecule has 0 aromatic rings. The van der Waals surface area contributed by atoms with Crippen LogP contribution in [0.2, 0.25) is 0 Å². The van der Waals surface area contributed by atoms with E-state index >= 15 is 0 Å². The molecule has 0 aliphatic carbocycles. The van der Waals surface area contributed by atoms with Crippen LogP contribution in [0.15, 0.2) is 0 Å². The number of urea groups is 1. The van der Waals surface area contributed by atoms with Crippen molar-refractivity contribution in [2.45, 2.75) is 0 Å². The molecule has 0 aliphatic heterocycles. The summed E-state index contributed by atoms with van der Waals surface area (Å²) >= 11 is 0. The number of aliphatic hydroxyl groups is 1. The number of nitrogens with two attached hydrogens (primary N) is 1. The highest BCUT2D eigenvalue weighted by Gasteiger charge is 2.09. The summed E-state index contributed by atoms with van der Waals surface area (Å²) in [5.74, 6) is 4.91.